The number of β-amino-alcohol motifs (C(OH)–C–C–N with tert-alkyl or cyclic N) is 1. The summed E-state index contributed by atoms with van der Waals surface area (Å²) in [6, 6.07) is -0.369. The molecule has 0 radical (unpaired) electrons. The van der Waals surface area contributed by atoms with E-state index in [0.717, 1.165) is 77.0 Å². The average molecular weight is 686 g/mol. The maximum absolute atomic E-state index is 14.7. The van der Waals surface area contributed by atoms with Crippen molar-refractivity contribution in [3.63, 3.8) is 0 Å². The Hall–Kier alpha value is -1.84. The molecule has 10 unspecified atom stereocenters. The molecular weight excluding hydrogens is 626 g/mol. The molecule has 0 aromatic carbocycles. The average Bonchev–Trinajstić information content (AvgIpc) is 3.70. The molecule has 4 saturated carbocycles. The van der Waals surface area contributed by atoms with Crippen molar-refractivity contribution in [3.05, 3.63) is 11.8 Å². The molecule has 10 heteroatoms. The maximum atomic E-state index is 14.7. The van der Waals surface area contributed by atoms with Crippen LogP contribution in [0.5, 0.6) is 0 Å². The second kappa shape index (κ2) is 15.2. The van der Waals surface area contributed by atoms with Gasteiger partial charge in [0.1, 0.15) is 12.1 Å². The van der Waals surface area contributed by atoms with Gasteiger partial charge in [0.05, 0.1) is 6.10 Å². The van der Waals surface area contributed by atoms with Crippen LogP contribution in [0.15, 0.2) is 11.8 Å². The fourth-order valence-electron chi connectivity index (χ4n) is 11.1. The predicted molar refractivity (Wildman–Crippen MR) is 187 cm³/mol. The molecule has 268 valence electrons. The van der Waals surface area contributed by atoms with Crippen LogP contribution in [0.2, 0.25) is 0 Å². The first-order chi connectivity index (χ1) is 23.3. The lowest BCUT2D eigenvalue weighted by Gasteiger charge is -2.52. The number of likely N-dealkylation sites (N-methyl/N-ethyl adjacent to an activating group) is 1. The summed E-state index contributed by atoms with van der Waals surface area (Å²) >= 11 is 6.71. The van der Waals surface area contributed by atoms with Crippen LogP contribution < -0.4 is 16.0 Å². The minimum atomic E-state index is -0.768. The number of hydrogen-bond acceptors (Lipinski definition) is 6. The standard InChI is InChI=1S/C38H60ClN5O4/c1-43(21-23-10-2-6-14-29(23)39)37(47)33(18-24-20-40-30-15-7-3-11-26(24)30)42-36(46)34-19-25(45)22-44(34)38(48)35-27-12-4-8-16-31(27)41-32-17-9-5-13-28(32)35/h20,23,25-35,40-41,45H,2-19,21-22H2,1H3,(H,42,46)/t23?,25-,26?,27?,28?,29?,30?,31?,32?,33?,34?,35?/m1/s1. The fourth-order valence-corrected chi connectivity index (χ4v) is 11.5. The van der Waals surface area contributed by atoms with E-state index in [2.05, 4.69) is 22.2 Å². The second-order valence-corrected chi connectivity index (χ2v) is 17.2. The number of aliphatic hydroxyl groups excluding tert-OH is 1. The summed E-state index contributed by atoms with van der Waals surface area (Å²) in [4.78, 5) is 46.8. The van der Waals surface area contributed by atoms with Crippen molar-refractivity contribution in [3.8, 4) is 0 Å². The highest BCUT2D eigenvalue weighted by Crippen LogP contribution is 2.46. The van der Waals surface area contributed by atoms with E-state index in [9.17, 15) is 19.5 Å². The number of carbonyl (C=O) groups is 3. The first-order valence-electron chi connectivity index (χ1n) is 19.7. The van der Waals surface area contributed by atoms with Gasteiger partial charge in [0, 0.05) is 61.9 Å². The highest BCUT2D eigenvalue weighted by atomic mass is 35.5. The predicted octanol–water partition coefficient (Wildman–Crippen LogP) is 4.46. The Morgan fingerprint density at radius 3 is 2.25 bits per heavy atom. The van der Waals surface area contributed by atoms with Crippen molar-refractivity contribution in [2.75, 3.05) is 20.1 Å². The van der Waals surface area contributed by atoms with Gasteiger partial charge in [-0.25, -0.2) is 0 Å². The van der Waals surface area contributed by atoms with Gasteiger partial charge < -0.3 is 30.9 Å². The number of rotatable bonds is 8. The first kappa shape index (κ1) is 34.6. The summed E-state index contributed by atoms with van der Waals surface area (Å²) in [5.74, 6) is 0.749. The van der Waals surface area contributed by atoms with Crippen molar-refractivity contribution < 1.29 is 19.5 Å². The molecule has 7 rings (SSSR count). The number of likely N-dealkylation sites (tertiary alicyclic amines) is 1. The Bertz CT molecular complexity index is 1190. The lowest BCUT2D eigenvalue weighted by atomic mass is 9.62. The smallest absolute Gasteiger partial charge is 0.245 e. The van der Waals surface area contributed by atoms with Crippen molar-refractivity contribution in [1.29, 1.82) is 0 Å². The molecule has 0 aromatic heterocycles. The van der Waals surface area contributed by atoms with E-state index < -0.39 is 18.2 Å². The number of hydrogen-bond donors (Lipinski definition) is 4. The van der Waals surface area contributed by atoms with E-state index in [1.807, 2.05) is 7.05 Å². The molecule has 4 aliphatic carbocycles. The number of amides is 3. The van der Waals surface area contributed by atoms with E-state index in [1.54, 1.807) is 9.80 Å². The van der Waals surface area contributed by atoms with Crippen LogP contribution in [-0.4, -0.2) is 94.5 Å². The van der Waals surface area contributed by atoms with Gasteiger partial charge in [-0.1, -0.05) is 51.4 Å². The maximum Gasteiger partial charge on any atom is 0.245 e. The largest absolute Gasteiger partial charge is 0.391 e. The molecule has 2 saturated heterocycles. The van der Waals surface area contributed by atoms with Gasteiger partial charge in [0.15, 0.2) is 0 Å². The summed E-state index contributed by atoms with van der Waals surface area (Å²) in [5.41, 5.74) is 1.21. The number of nitrogens with zero attached hydrogens (tertiary/aromatic N) is 2. The van der Waals surface area contributed by atoms with Gasteiger partial charge in [-0.3, -0.25) is 14.4 Å². The van der Waals surface area contributed by atoms with Crippen LogP contribution in [-0.2, 0) is 14.4 Å². The van der Waals surface area contributed by atoms with Crippen molar-refractivity contribution in [2.24, 2.45) is 29.6 Å². The number of aliphatic hydroxyl groups is 1. The Morgan fingerprint density at radius 2 is 1.54 bits per heavy atom. The minimum absolute atomic E-state index is 0.0557. The molecule has 3 amide bonds. The normalized spacial score (nSPS) is 40.0. The molecule has 9 nitrogen and oxygen atoms in total. The van der Waals surface area contributed by atoms with Crippen LogP contribution in [0.4, 0.5) is 0 Å². The van der Waals surface area contributed by atoms with Crippen LogP contribution in [0.1, 0.15) is 116 Å². The summed E-state index contributed by atoms with van der Waals surface area (Å²) in [6.07, 6.45) is 19.9. The van der Waals surface area contributed by atoms with Crippen molar-refractivity contribution in [1.82, 2.24) is 25.8 Å². The Kier molecular flexibility index (Phi) is 10.9. The van der Waals surface area contributed by atoms with E-state index >= 15 is 0 Å². The first-order valence-corrected chi connectivity index (χ1v) is 20.1. The Labute approximate surface area is 292 Å². The molecule has 6 fully saturated rings. The summed E-state index contributed by atoms with van der Waals surface area (Å²) in [6.45, 7) is 0.766. The lowest BCUT2D eigenvalue weighted by molar-refractivity contribution is -0.149. The molecule has 4 N–H and O–H groups in total. The van der Waals surface area contributed by atoms with Crippen LogP contribution >= 0.6 is 11.6 Å². The highest BCUT2D eigenvalue weighted by Gasteiger charge is 2.52. The minimum Gasteiger partial charge on any atom is -0.391 e. The Morgan fingerprint density at radius 1 is 0.917 bits per heavy atom. The van der Waals surface area contributed by atoms with E-state index in [0.29, 0.717) is 37.0 Å². The third-order valence-corrected chi connectivity index (χ3v) is 14.2. The molecule has 11 atom stereocenters. The summed E-state index contributed by atoms with van der Waals surface area (Å²) in [5, 5.41) is 21.7. The molecule has 3 aliphatic heterocycles. The van der Waals surface area contributed by atoms with E-state index in [4.69, 9.17) is 11.6 Å². The highest BCUT2D eigenvalue weighted by molar-refractivity contribution is 6.20. The zero-order valence-corrected chi connectivity index (χ0v) is 29.8. The van der Waals surface area contributed by atoms with Crippen molar-refractivity contribution in [2.45, 2.75) is 157 Å². The number of carbonyl (C=O) groups excluding carboxylic acids is 3. The molecule has 3 heterocycles. The molecule has 0 spiro atoms. The van der Waals surface area contributed by atoms with Crippen molar-refractivity contribution >= 4 is 29.3 Å². The molecule has 7 aliphatic rings. The third kappa shape index (κ3) is 7.16. The molecule has 0 bridgehead atoms. The van der Waals surface area contributed by atoms with Crippen LogP contribution in [0, 0.1) is 29.6 Å². The second-order valence-electron chi connectivity index (χ2n) is 16.6. The van der Waals surface area contributed by atoms with Gasteiger partial charge >= 0.3 is 0 Å². The monoisotopic (exact) mass is 685 g/mol. The number of piperidine rings is 1. The van der Waals surface area contributed by atoms with E-state index in [-0.39, 0.29) is 59.7 Å². The van der Waals surface area contributed by atoms with E-state index in [1.165, 1.54) is 31.3 Å². The zero-order chi connectivity index (χ0) is 33.4. The summed E-state index contributed by atoms with van der Waals surface area (Å²) < 4.78 is 0. The number of fused-ring (bicyclic) bond motifs is 3. The number of halogens is 1. The summed E-state index contributed by atoms with van der Waals surface area (Å²) in [7, 11) is 1.85. The SMILES string of the molecule is CN(CC1CCCCC1Cl)C(=O)C(CC1=CNC2CCCCC12)NC(=O)C1C[C@@H](O)CN1C(=O)C1C2CCCCC2NC2CCCCC21. The molecule has 48 heavy (non-hydrogen) atoms. The number of nitrogens with one attached hydrogen (secondary N) is 3. The fraction of sp³-hybridized carbons (Fsp3) is 0.868. The van der Waals surface area contributed by atoms with Crippen LogP contribution in [0.3, 0.4) is 0 Å². The van der Waals surface area contributed by atoms with Gasteiger partial charge in [0.25, 0.3) is 0 Å². The molecule has 0 aromatic rings. The van der Waals surface area contributed by atoms with Gasteiger partial charge in [-0.2, -0.15) is 0 Å². The van der Waals surface area contributed by atoms with Gasteiger partial charge in [-0.05, 0) is 87.3 Å². The topological polar surface area (TPSA) is 114 Å². The zero-order valence-electron chi connectivity index (χ0n) is 29.1. The lowest BCUT2D eigenvalue weighted by Crippen LogP contribution is -2.63. The van der Waals surface area contributed by atoms with Gasteiger partial charge in [0.2, 0.25) is 17.7 Å². The van der Waals surface area contributed by atoms with Gasteiger partial charge in [-0.15, -0.1) is 11.6 Å². The third-order valence-electron chi connectivity index (χ3n) is 13.6. The quantitative estimate of drug-likeness (QED) is 0.281. The Balaban J connectivity index is 1.09. The number of alkyl halides is 1. The van der Waals surface area contributed by atoms with Crippen LogP contribution in [0.25, 0.3) is 0 Å². The molecular formula is C38H60ClN5O4.